The predicted octanol–water partition coefficient (Wildman–Crippen LogP) is 2.62. The van der Waals surface area contributed by atoms with Crippen molar-refractivity contribution in [3.8, 4) is 10.7 Å². The van der Waals surface area contributed by atoms with Gasteiger partial charge in [0.25, 0.3) is 0 Å². The third-order valence-corrected chi connectivity index (χ3v) is 6.99. The Labute approximate surface area is 164 Å². The van der Waals surface area contributed by atoms with E-state index in [4.69, 9.17) is 0 Å². The smallest absolute Gasteiger partial charge is 0.242 e. The van der Waals surface area contributed by atoms with Crippen molar-refractivity contribution in [3.05, 3.63) is 23.3 Å². The number of thiazole rings is 1. The van der Waals surface area contributed by atoms with E-state index < -0.39 is 10.0 Å². The lowest BCUT2D eigenvalue weighted by atomic mass is 10.1. The average Bonchev–Trinajstić information content (AvgIpc) is 3.27. The Morgan fingerprint density at radius 2 is 2.04 bits per heavy atom. The van der Waals surface area contributed by atoms with E-state index in [1.807, 2.05) is 24.1 Å². The van der Waals surface area contributed by atoms with Crippen molar-refractivity contribution in [2.24, 2.45) is 0 Å². The summed E-state index contributed by atoms with van der Waals surface area (Å²) in [4.78, 5) is 19.2. The van der Waals surface area contributed by atoms with Crippen LogP contribution in [0.25, 0.3) is 10.7 Å². The van der Waals surface area contributed by atoms with Gasteiger partial charge in [0, 0.05) is 36.9 Å². The number of piperidine rings is 1. The SMILES string of the molecule is CCCNS(=O)(=O)c1cc(-c2nc(C)cs2)n(CC(=O)N2CCCCC2)c1. The molecule has 7 nitrogen and oxygen atoms in total. The Kier molecular flexibility index (Phi) is 6.33. The van der Waals surface area contributed by atoms with Crippen LogP contribution in [-0.4, -0.2) is 48.4 Å². The molecule has 0 unspecified atom stereocenters. The minimum Gasteiger partial charge on any atom is -0.341 e. The molecule has 1 saturated heterocycles. The van der Waals surface area contributed by atoms with Crippen LogP contribution >= 0.6 is 11.3 Å². The Bertz CT molecular complexity index is 896. The molecule has 0 bridgehead atoms. The summed E-state index contributed by atoms with van der Waals surface area (Å²) in [7, 11) is -3.60. The number of rotatable bonds is 7. The first-order chi connectivity index (χ1) is 12.9. The van der Waals surface area contributed by atoms with Gasteiger partial charge in [0.15, 0.2) is 0 Å². The van der Waals surface area contributed by atoms with Gasteiger partial charge in [-0.2, -0.15) is 0 Å². The van der Waals surface area contributed by atoms with Crippen molar-refractivity contribution in [1.82, 2.24) is 19.2 Å². The molecule has 148 valence electrons. The average molecular weight is 411 g/mol. The van der Waals surface area contributed by atoms with Crippen LogP contribution in [0.4, 0.5) is 0 Å². The third-order valence-electron chi connectivity index (χ3n) is 4.58. The number of nitrogens with one attached hydrogen (secondary N) is 1. The molecule has 0 saturated carbocycles. The Morgan fingerprint density at radius 1 is 1.30 bits per heavy atom. The summed E-state index contributed by atoms with van der Waals surface area (Å²) in [5.41, 5.74) is 1.54. The summed E-state index contributed by atoms with van der Waals surface area (Å²) >= 11 is 1.45. The van der Waals surface area contributed by atoms with Crippen LogP contribution < -0.4 is 4.72 Å². The number of aromatic nitrogens is 2. The minimum atomic E-state index is -3.60. The fourth-order valence-electron chi connectivity index (χ4n) is 3.12. The summed E-state index contributed by atoms with van der Waals surface area (Å²) in [6.07, 6.45) is 5.47. The molecule has 0 aliphatic carbocycles. The number of sulfonamides is 1. The second kappa shape index (κ2) is 8.53. The molecule has 3 heterocycles. The molecule has 1 fully saturated rings. The molecular weight excluding hydrogens is 384 g/mol. The van der Waals surface area contributed by atoms with Gasteiger partial charge in [-0.15, -0.1) is 11.3 Å². The maximum Gasteiger partial charge on any atom is 0.242 e. The van der Waals surface area contributed by atoms with Gasteiger partial charge in [-0.25, -0.2) is 18.1 Å². The summed E-state index contributed by atoms with van der Waals surface area (Å²) in [5, 5.41) is 2.64. The topological polar surface area (TPSA) is 84.3 Å². The number of hydrogen-bond acceptors (Lipinski definition) is 5. The first-order valence-electron chi connectivity index (χ1n) is 9.31. The highest BCUT2D eigenvalue weighted by Crippen LogP contribution is 2.28. The number of nitrogens with zero attached hydrogens (tertiary/aromatic N) is 3. The van der Waals surface area contributed by atoms with E-state index in [0.29, 0.717) is 18.7 Å². The fraction of sp³-hybridized carbons (Fsp3) is 0.556. The van der Waals surface area contributed by atoms with Crippen molar-refractivity contribution < 1.29 is 13.2 Å². The maximum atomic E-state index is 12.7. The van der Waals surface area contributed by atoms with Crippen molar-refractivity contribution in [3.63, 3.8) is 0 Å². The van der Waals surface area contributed by atoms with E-state index in [9.17, 15) is 13.2 Å². The summed E-state index contributed by atoms with van der Waals surface area (Å²) < 4.78 is 29.4. The van der Waals surface area contributed by atoms with Gasteiger partial charge in [-0.1, -0.05) is 6.92 Å². The fourth-order valence-corrected chi connectivity index (χ4v) is 5.12. The van der Waals surface area contributed by atoms with E-state index in [0.717, 1.165) is 43.1 Å². The quantitative estimate of drug-likeness (QED) is 0.760. The molecule has 1 amide bonds. The van der Waals surface area contributed by atoms with Crippen molar-refractivity contribution in [1.29, 1.82) is 0 Å². The van der Waals surface area contributed by atoms with E-state index in [-0.39, 0.29) is 17.3 Å². The monoisotopic (exact) mass is 410 g/mol. The van der Waals surface area contributed by atoms with E-state index in [1.54, 1.807) is 16.8 Å². The molecule has 0 radical (unpaired) electrons. The maximum absolute atomic E-state index is 12.7. The second-order valence-corrected chi connectivity index (χ2v) is 9.45. The molecule has 3 rings (SSSR count). The molecule has 2 aromatic heterocycles. The number of aryl methyl sites for hydroxylation is 1. The first-order valence-corrected chi connectivity index (χ1v) is 11.7. The molecular formula is C18H26N4O3S2. The van der Waals surface area contributed by atoms with Gasteiger partial charge < -0.3 is 9.47 Å². The van der Waals surface area contributed by atoms with E-state index in [1.165, 1.54) is 11.3 Å². The number of carbonyl (C=O) groups is 1. The molecule has 1 aliphatic rings. The van der Waals surface area contributed by atoms with Gasteiger partial charge in [0.2, 0.25) is 15.9 Å². The molecule has 0 aromatic carbocycles. The summed E-state index contributed by atoms with van der Waals surface area (Å²) in [6, 6.07) is 1.61. The van der Waals surface area contributed by atoms with Gasteiger partial charge in [-0.05, 0) is 38.7 Å². The zero-order chi connectivity index (χ0) is 19.4. The van der Waals surface area contributed by atoms with Crippen LogP contribution in [0.15, 0.2) is 22.5 Å². The van der Waals surface area contributed by atoms with Crippen LogP contribution in [0.2, 0.25) is 0 Å². The molecule has 0 atom stereocenters. The lowest BCUT2D eigenvalue weighted by molar-refractivity contribution is -0.132. The van der Waals surface area contributed by atoms with Crippen molar-refractivity contribution in [2.45, 2.75) is 51.0 Å². The molecule has 9 heteroatoms. The van der Waals surface area contributed by atoms with Crippen molar-refractivity contribution >= 4 is 27.3 Å². The van der Waals surface area contributed by atoms with Crippen LogP contribution in [0, 0.1) is 6.92 Å². The van der Waals surface area contributed by atoms with Gasteiger partial charge >= 0.3 is 0 Å². The number of likely N-dealkylation sites (tertiary alicyclic amines) is 1. The van der Waals surface area contributed by atoms with Crippen LogP contribution in [0.1, 0.15) is 38.3 Å². The zero-order valence-corrected chi connectivity index (χ0v) is 17.4. The Morgan fingerprint density at radius 3 is 2.67 bits per heavy atom. The van der Waals surface area contributed by atoms with Crippen LogP contribution in [0.5, 0.6) is 0 Å². The lowest BCUT2D eigenvalue weighted by Crippen LogP contribution is -2.37. The minimum absolute atomic E-state index is 0.0188. The summed E-state index contributed by atoms with van der Waals surface area (Å²) in [6.45, 7) is 5.86. The van der Waals surface area contributed by atoms with E-state index in [2.05, 4.69) is 9.71 Å². The third kappa shape index (κ3) is 4.77. The first kappa shape index (κ1) is 20.0. The molecule has 1 N–H and O–H groups in total. The zero-order valence-electron chi connectivity index (χ0n) is 15.8. The normalized spacial score (nSPS) is 15.3. The molecule has 0 spiro atoms. The molecule has 1 aliphatic heterocycles. The van der Waals surface area contributed by atoms with Gasteiger partial charge in [0.1, 0.15) is 16.4 Å². The highest BCUT2D eigenvalue weighted by atomic mass is 32.2. The highest BCUT2D eigenvalue weighted by molar-refractivity contribution is 7.89. The Balaban J connectivity index is 1.91. The summed E-state index contributed by atoms with van der Waals surface area (Å²) in [5.74, 6) is 0.0188. The standard InChI is InChI=1S/C18H26N4O3S2/c1-3-7-19-27(24,25)15-10-16(18-20-14(2)13-26-18)22(11-15)12-17(23)21-8-5-4-6-9-21/h10-11,13,19H,3-9,12H2,1-2H3. The van der Waals surface area contributed by atoms with Crippen LogP contribution in [0.3, 0.4) is 0 Å². The van der Waals surface area contributed by atoms with Gasteiger partial charge in [0.05, 0.1) is 5.69 Å². The molecule has 2 aromatic rings. The number of carbonyl (C=O) groups excluding carboxylic acids is 1. The highest BCUT2D eigenvalue weighted by Gasteiger charge is 2.23. The lowest BCUT2D eigenvalue weighted by Gasteiger charge is -2.27. The molecule has 27 heavy (non-hydrogen) atoms. The Hall–Kier alpha value is -1.71. The van der Waals surface area contributed by atoms with E-state index >= 15 is 0 Å². The number of amides is 1. The predicted molar refractivity (Wildman–Crippen MR) is 106 cm³/mol. The number of hydrogen-bond donors (Lipinski definition) is 1. The largest absolute Gasteiger partial charge is 0.341 e. The second-order valence-electron chi connectivity index (χ2n) is 6.82. The van der Waals surface area contributed by atoms with Crippen LogP contribution in [-0.2, 0) is 21.4 Å². The van der Waals surface area contributed by atoms with Gasteiger partial charge in [-0.3, -0.25) is 4.79 Å². The van der Waals surface area contributed by atoms with Crippen molar-refractivity contribution in [2.75, 3.05) is 19.6 Å².